The predicted molar refractivity (Wildman–Crippen MR) is 106 cm³/mol. The molecule has 7 nitrogen and oxygen atoms in total. The van der Waals surface area contributed by atoms with E-state index in [0.29, 0.717) is 38.7 Å². The number of benzene rings is 2. The summed E-state index contributed by atoms with van der Waals surface area (Å²) in [6, 6.07) is 11.9. The van der Waals surface area contributed by atoms with E-state index in [1.54, 1.807) is 42.5 Å². The van der Waals surface area contributed by atoms with Gasteiger partial charge >= 0.3 is 6.18 Å². The molecule has 0 bridgehead atoms. The third-order valence-corrected chi connectivity index (χ3v) is 4.97. The van der Waals surface area contributed by atoms with Crippen LogP contribution in [0.15, 0.2) is 47.5 Å². The smallest absolute Gasteiger partial charge is 0.453 e. The second-order valence-corrected chi connectivity index (χ2v) is 7.01. The van der Waals surface area contributed by atoms with E-state index in [1.165, 1.54) is 6.21 Å². The van der Waals surface area contributed by atoms with Gasteiger partial charge in [0.2, 0.25) is 4.96 Å². The fraction of sp³-hybridized carbons (Fsp3) is 0.158. The van der Waals surface area contributed by atoms with Crippen molar-refractivity contribution in [2.75, 3.05) is 6.61 Å². The number of hydrogen-bond donors (Lipinski definition) is 1. The molecule has 0 aliphatic carbocycles. The molecule has 0 saturated carbocycles. The van der Waals surface area contributed by atoms with Crippen LogP contribution in [0.1, 0.15) is 18.3 Å². The number of rotatable bonds is 5. The standard InChI is InChI=1S/C19H14F3N5O2S/c1-2-29-14-8-4-6-12(15(14)28)10-23-13-7-3-5-11(9-13)16-26-27-17(19(20,21)22)24-25-18(27)30-16/h3-10,28H,2H2,1H3. The van der Waals surface area contributed by atoms with Crippen LogP contribution in [-0.4, -0.2) is 37.7 Å². The van der Waals surface area contributed by atoms with Crippen molar-refractivity contribution in [3.05, 3.63) is 53.9 Å². The summed E-state index contributed by atoms with van der Waals surface area (Å²) in [7, 11) is 0. The quantitative estimate of drug-likeness (QED) is 0.460. The van der Waals surface area contributed by atoms with Gasteiger partial charge < -0.3 is 9.84 Å². The Bertz CT molecular complexity index is 1230. The molecule has 2 heterocycles. The van der Waals surface area contributed by atoms with Crippen LogP contribution in [0.3, 0.4) is 0 Å². The molecule has 11 heteroatoms. The van der Waals surface area contributed by atoms with E-state index in [4.69, 9.17) is 4.74 Å². The summed E-state index contributed by atoms with van der Waals surface area (Å²) in [6.45, 7) is 2.23. The van der Waals surface area contributed by atoms with Gasteiger partial charge in [0, 0.05) is 17.3 Å². The molecule has 30 heavy (non-hydrogen) atoms. The van der Waals surface area contributed by atoms with E-state index < -0.39 is 12.0 Å². The Morgan fingerprint density at radius 2 is 2.00 bits per heavy atom. The minimum Gasteiger partial charge on any atom is -0.504 e. The Hall–Kier alpha value is -3.47. The molecule has 154 valence electrons. The Morgan fingerprint density at radius 3 is 2.77 bits per heavy atom. The monoisotopic (exact) mass is 433 g/mol. The van der Waals surface area contributed by atoms with Crippen molar-refractivity contribution in [3.63, 3.8) is 0 Å². The third-order valence-electron chi connectivity index (χ3n) is 4.02. The SMILES string of the molecule is CCOc1cccc(C=Nc2cccc(-c3nn4c(C(F)(F)F)nnc4s3)c2)c1O. The van der Waals surface area contributed by atoms with E-state index in [9.17, 15) is 18.3 Å². The van der Waals surface area contributed by atoms with Crippen molar-refractivity contribution in [2.45, 2.75) is 13.1 Å². The number of alkyl halides is 3. The van der Waals surface area contributed by atoms with Gasteiger partial charge in [-0.3, -0.25) is 4.99 Å². The molecule has 0 aliphatic rings. The lowest BCUT2D eigenvalue weighted by Crippen LogP contribution is -2.11. The maximum absolute atomic E-state index is 13.0. The van der Waals surface area contributed by atoms with Crippen LogP contribution >= 0.6 is 11.3 Å². The number of halogens is 3. The number of fused-ring (bicyclic) bond motifs is 1. The summed E-state index contributed by atoms with van der Waals surface area (Å²) in [5.74, 6) is -0.832. The number of para-hydroxylation sites is 1. The molecule has 0 atom stereocenters. The molecule has 0 unspecified atom stereocenters. The van der Waals surface area contributed by atoms with Crippen molar-refractivity contribution >= 4 is 28.2 Å². The molecule has 2 aromatic heterocycles. The summed E-state index contributed by atoms with van der Waals surface area (Å²) in [5, 5.41) is 21.3. The van der Waals surface area contributed by atoms with Gasteiger partial charge in [-0.15, -0.1) is 10.2 Å². The number of aromatic hydroxyl groups is 1. The van der Waals surface area contributed by atoms with E-state index >= 15 is 0 Å². The molecular weight excluding hydrogens is 419 g/mol. The van der Waals surface area contributed by atoms with Crippen LogP contribution in [0.5, 0.6) is 11.5 Å². The average Bonchev–Trinajstić information content (AvgIpc) is 3.29. The number of nitrogens with zero attached hydrogens (tertiary/aromatic N) is 5. The van der Waals surface area contributed by atoms with Crippen LogP contribution < -0.4 is 4.74 Å². The zero-order valence-electron chi connectivity index (χ0n) is 15.5. The highest BCUT2D eigenvalue weighted by molar-refractivity contribution is 7.19. The van der Waals surface area contributed by atoms with Gasteiger partial charge in [-0.2, -0.15) is 22.8 Å². The lowest BCUT2D eigenvalue weighted by atomic mass is 10.2. The number of phenolic OH excluding ortho intramolecular Hbond substituents is 1. The van der Waals surface area contributed by atoms with Crippen molar-refractivity contribution in [1.29, 1.82) is 0 Å². The first-order valence-corrected chi connectivity index (χ1v) is 9.57. The summed E-state index contributed by atoms with van der Waals surface area (Å²) < 4.78 is 45.0. The Morgan fingerprint density at radius 1 is 1.20 bits per heavy atom. The van der Waals surface area contributed by atoms with E-state index in [2.05, 4.69) is 20.3 Å². The van der Waals surface area contributed by atoms with Gasteiger partial charge in [0.1, 0.15) is 5.01 Å². The molecule has 4 rings (SSSR count). The van der Waals surface area contributed by atoms with Crippen molar-refractivity contribution in [2.24, 2.45) is 4.99 Å². The number of hydrogen-bond acceptors (Lipinski definition) is 7. The van der Waals surface area contributed by atoms with E-state index in [-0.39, 0.29) is 10.7 Å². The Balaban J connectivity index is 1.64. The molecule has 0 aliphatic heterocycles. The third kappa shape index (κ3) is 3.83. The van der Waals surface area contributed by atoms with Gasteiger partial charge in [0.15, 0.2) is 11.5 Å². The van der Waals surface area contributed by atoms with Crippen LogP contribution in [0, 0.1) is 0 Å². The van der Waals surface area contributed by atoms with Crippen LogP contribution in [-0.2, 0) is 6.18 Å². The molecule has 0 radical (unpaired) electrons. The zero-order chi connectivity index (χ0) is 21.3. The summed E-state index contributed by atoms with van der Waals surface area (Å²) in [4.78, 5) is 4.39. The first-order chi connectivity index (χ1) is 14.4. The second-order valence-electron chi connectivity index (χ2n) is 6.06. The molecular formula is C19H14F3N5O2S. The van der Waals surface area contributed by atoms with Crippen molar-refractivity contribution < 1.29 is 23.0 Å². The maximum Gasteiger partial charge on any atom is 0.453 e. The first-order valence-electron chi connectivity index (χ1n) is 8.75. The predicted octanol–water partition coefficient (Wildman–Crippen LogP) is 4.73. The fourth-order valence-corrected chi connectivity index (χ4v) is 3.52. The molecule has 0 saturated heterocycles. The van der Waals surface area contributed by atoms with Gasteiger partial charge in [-0.25, -0.2) is 0 Å². The zero-order valence-corrected chi connectivity index (χ0v) is 16.3. The normalized spacial score (nSPS) is 12.1. The molecule has 0 fully saturated rings. The number of ether oxygens (including phenoxy) is 1. The number of phenols is 1. The summed E-state index contributed by atoms with van der Waals surface area (Å²) in [6.07, 6.45) is -3.16. The van der Waals surface area contributed by atoms with Crippen LogP contribution in [0.25, 0.3) is 15.5 Å². The fourth-order valence-electron chi connectivity index (χ4n) is 2.69. The number of aromatic nitrogens is 4. The molecule has 2 aromatic carbocycles. The molecule has 4 aromatic rings. The molecule has 0 amide bonds. The summed E-state index contributed by atoms with van der Waals surface area (Å²) >= 11 is 0.990. The van der Waals surface area contributed by atoms with Gasteiger partial charge in [-0.1, -0.05) is 29.5 Å². The topological polar surface area (TPSA) is 84.9 Å². The number of aliphatic imine (C=N–C) groups is 1. The first kappa shape index (κ1) is 19.8. The molecule has 1 N–H and O–H groups in total. The Labute approximate surface area is 172 Å². The van der Waals surface area contributed by atoms with E-state index in [1.807, 2.05) is 6.92 Å². The minimum absolute atomic E-state index is 0.0208. The van der Waals surface area contributed by atoms with Crippen LogP contribution in [0.2, 0.25) is 0 Å². The van der Waals surface area contributed by atoms with Crippen molar-refractivity contribution in [3.8, 4) is 22.1 Å². The molecule has 0 spiro atoms. The maximum atomic E-state index is 13.0. The lowest BCUT2D eigenvalue weighted by Gasteiger charge is -2.07. The van der Waals surface area contributed by atoms with Gasteiger partial charge in [-0.05, 0) is 31.2 Å². The summed E-state index contributed by atoms with van der Waals surface area (Å²) in [5.41, 5.74) is 1.59. The average molecular weight is 433 g/mol. The largest absolute Gasteiger partial charge is 0.504 e. The Kier molecular flexibility index (Phi) is 5.12. The van der Waals surface area contributed by atoms with E-state index in [0.717, 1.165) is 11.3 Å². The van der Waals surface area contributed by atoms with Crippen LogP contribution in [0.4, 0.5) is 18.9 Å². The van der Waals surface area contributed by atoms with Gasteiger partial charge in [0.05, 0.1) is 12.3 Å². The van der Waals surface area contributed by atoms with Crippen molar-refractivity contribution in [1.82, 2.24) is 19.8 Å². The highest BCUT2D eigenvalue weighted by atomic mass is 32.1. The highest BCUT2D eigenvalue weighted by Crippen LogP contribution is 2.33. The second kappa shape index (κ2) is 7.75. The lowest BCUT2D eigenvalue weighted by molar-refractivity contribution is -0.146. The van der Waals surface area contributed by atoms with Gasteiger partial charge in [0.25, 0.3) is 5.82 Å². The minimum atomic E-state index is -4.64. The highest BCUT2D eigenvalue weighted by Gasteiger charge is 2.38.